The first-order valence-electron chi connectivity index (χ1n) is 17.7. The van der Waals surface area contributed by atoms with Crippen molar-refractivity contribution in [3.8, 4) is 34.5 Å². The van der Waals surface area contributed by atoms with E-state index in [0.717, 1.165) is 11.1 Å². The number of carbonyl (C=O) groups is 2. The van der Waals surface area contributed by atoms with E-state index in [2.05, 4.69) is 20.4 Å². The fraction of sp³-hybridized carbons (Fsp3) is 0.350. The third-order valence-corrected chi connectivity index (χ3v) is 9.99. The lowest BCUT2D eigenvalue weighted by atomic mass is 9.81. The van der Waals surface area contributed by atoms with Gasteiger partial charge in [-0.2, -0.15) is 0 Å². The molecule has 2 heterocycles. The molecule has 0 aromatic heterocycles. The molecule has 4 aromatic rings. The van der Waals surface area contributed by atoms with Crippen LogP contribution in [0.3, 0.4) is 0 Å². The molecule has 7 rings (SSSR count). The van der Waals surface area contributed by atoms with Gasteiger partial charge in [-0.25, -0.2) is 0 Å². The lowest BCUT2D eigenvalue weighted by molar-refractivity contribution is 0.0343. The minimum atomic E-state index is -0.565. The lowest BCUT2D eigenvalue weighted by Gasteiger charge is -2.27. The van der Waals surface area contributed by atoms with Crippen molar-refractivity contribution >= 4 is 22.9 Å². The number of aromatic hydroxyl groups is 2. The van der Waals surface area contributed by atoms with Crippen molar-refractivity contribution in [2.45, 2.75) is 12.5 Å². The number of fused-ring (bicyclic) bond motifs is 2. The zero-order valence-corrected chi connectivity index (χ0v) is 30.6. The molecule has 0 amide bonds. The molecular formula is C40H44N4O10. The highest BCUT2D eigenvalue weighted by molar-refractivity contribution is 6.33. The van der Waals surface area contributed by atoms with Crippen molar-refractivity contribution in [1.82, 2.24) is 9.80 Å². The van der Waals surface area contributed by atoms with E-state index in [1.165, 1.54) is 12.1 Å². The molecule has 2 atom stereocenters. The van der Waals surface area contributed by atoms with Gasteiger partial charge in [0.25, 0.3) is 0 Å². The van der Waals surface area contributed by atoms with E-state index in [9.17, 15) is 19.8 Å². The first-order valence-corrected chi connectivity index (χ1v) is 17.7. The molecule has 3 aliphatic rings. The predicted molar refractivity (Wildman–Crippen MR) is 200 cm³/mol. The van der Waals surface area contributed by atoms with Crippen LogP contribution in [0.1, 0.15) is 55.4 Å². The van der Waals surface area contributed by atoms with Crippen molar-refractivity contribution in [3.63, 3.8) is 0 Å². The van der Waals surface area contributed by atoms with Crippen LogP contribution >= 0.6 is 0 Å². The third kappa shape index (κ3) is 7.08. The van der Waals surface area contributed by atoms with Crippen molar-refractivity contribution in [2.75, 3.05) is 91.6 Å². The zero-order chi connectivity index (χ0) is 37.9. The van der Waals surface area contributed by atoms with Crippen LogP contribution in [0, 0.1) is 0 Å². The highest BCUT2D eigenvalue weighted by Crippen LogP contribution is 2.43. The number of ether oxygens (including phenoxy) is 6. The van der Waals surface area contributed by atoms with Crippen molar-refractivity contribution < 1.29 is 48.2 Å². The topological polar surface area (TPSA) is 161 Å². The summed E-state index contributed by atoms with van der Waals surface area (Å²) in [4.78, 5) is 32.7. The van der Waals surface area contributed by atoms with Gasteiger partial charge in [0.2, 0.25) is 11.6 Å². The number of carbonyl (C=O) groups excluding carboxylic acids is 2. The van der Waals surface area contributed by atoms with Gasteiger partial charge in [0.1, 0.15) is 47.0 Å². The second-order valence-electron chi connectivity index (χ2n) is 13.1. The molecule has 2 saturated heterocycles. The highest BCUT2D eigenvalue weighted by atomic mass is 16.5. The number of methoxy groups -OCH3 is 4. The molecule has 14 heteroatoms. The molecule has 0 saturated carbocycles. The summed E-state index contributed by atoms with van der Waals surface area (Å²) >= 11 is 0. The van der Waals surface area contributed by atoms with Crippen LogP contribution in [0.4, 0.5) is 11.4 Å². The zero-order valence-electron chi connectivity index (χ0n) is 30.6. The number of benzene rings is 4. The summed E-state index contributed by atoms with van der Waals surface area (Å²) in [6.07, 6.45) is -0.671. The number of anilines is 2. The van der Waals surface area contributed by atoms with Crippen LogP contribution in [-0.4, -0.2) is 113 Å². The number of phenols is 2. The van der Waals surface area contributed by atoms with E-state index in [1.54, 1.807) is 52.7 Å². The summed E-state index contributed by atoms with van der Waals surface area (Å²) in [5, 5.41) is 28.2. The molecule has 54 heavy (non-hydrogen) atoms. The Bertz CT molecular complexity index is 1870. The van der Waals surface area contributed by atoms with Gasteiger partial charge in [0, 0.05) is 73.9 Å². The minimum absolute atomic E-state index is 0.121. The maximum atomic E-state index is 14.2. The smallest absolute Gasteiger partial charge is 0.200 e. The Labute approximate surface area is 313 Å². The van der Waals surface area contributed by atoms with Gasteiger partial charge in [-0.1, -0.05) is 0 Å². The van der Waals surface area contributed by atoms with Crippen LogP contribution in [0.5, 0.6) is 34.5 Å². The molecule has 4 N–H and O–H groups in total. The number of nitrogens with one attached hydrogen (secondary N) is 2. The second-order valence-corrected chi connectivity index (χ2v) is 13.1. The van der Waals surface area contributed by atoms with Crippen molar-refractivity contribution in [3.05, 3.63) is 94.0 Å². The number of ketones is 2. The normalized spacial score (nSPS) is 18.3. The maximum Gasteiger partial charge on any atom is 0.200 e. The molecule has 284 valence electrons. The van der Waals surface area contributed by atoms with Crippen molar-refractivity contribution in [2.24, 2.45) is 0 Å². The van der Waals surface area contributed by atoms with E-state index < -0.39 is 11.6 Å². The minimum Gasteiger partial charge on any atom is -0.507 e. The van der Waals surface area contributed by atoms with Gasteiger partial charge in [-0.3, -0.25) is 19.4 Å². The fourth-order valence-corrected chi connectivity index (χ4v) is 7.35. The van der Waals surface area contributed by atoms with Gasteiger partial charge in [-0.15, -0.1) is 0 Å². The molecule has 4 aromatic carbocycles. The van der Waals surface area contributed by atoms with Crippen LogP contribution in [-0.2, 0) is 9.47 Å². The molecule has 14 nitrogen and oxygen atoms in total. The Kier molecular flexibility index (Phi) is 10.8. The number of nitrogens with zero attached hydrogens (tertiary/aromatic N) is 2. The van der Waals surface area contributed by atoms with E-state index in [-0.39, 0.29) is 46.2 Å². The van der Waals surface area contributed by atoms with Gasteiger partial charge >= 0.3 is 0 Å². The quantitative estimate of drug-likeness (QED) is 0.115. The molecule has 2 fully saturated rings. The van der Waals surface area contributed by atoms with Gasteiger partial charge < -0.3 is 49.3 Å². The maximum absolute atomic E-state index is 14.2. The molecule has 1 aliphatic carbocycles. The van der Waals surface area contributed by atoms with Crippen molar-refractivity contribution in [1.29, 1.82) is 0 Å². The molecule has 0 spiro atoms. The highest BCUT2D eigenvalue weighted by Gasteiger charge is 2.38. The van der Waals surface area contributed by atoms with Crippen LogP contribution < -0.4 is 29.6 Å². The Morgan fingerprint density at radius 2 is 0.963 bits per heavy atom. The number of phenolic OH excluding ortho intramolecular Hbond substituents is 2. The molecule has 0 radical (unpaired) electrons. The van der Waals surface area contributed by atoms with Gasteiger partial charge in [0.05, 0.1) is 63.9 Å². The average molecular weight is 741 g/mol. The van der Waals surface area contributed by atoms with Gasteiger partial charge in [0.15, 0.2) is 0 Å². The predicted octanol–water partition coefficient (Wildman–Crippen LogP) is 4.79. The Hall–Kier alpha value is -5.54. The molecule has 2 unspecified atom stereocenters. The van der Waals surface area contributed by atoms with E-state index in [1.807, 2.05) is 24.3 Å². The summed E-state index contributed by atoms with van der Waals surface area (Å²) in [6.45, 7) is 4.33. The van der Waals surface area contributed by atoms with Crippen LogP contribution in [0.15, 0.2) is 60.7 Å². The number of hydrogen-bond acceptors (Lipinski definition) is 14. The average Bonchev–Trinajstić information content (AvgIpc) is 3.87. The molecular weight excluding hydrogens is 696 g/mol. The van der Waals surface area contributed by atoms with E-state index in [4.69, 9.17) is 28.4 Å². The Morgan fingerprint density at radius 1 is 0.593 bits per heavy atom. The van der Waals surface area contributed by atoms with E-state index in [0.29, 0.717) is 86.9 Å². The van der Waals surface area contributed by atoms with Crippen LogP contribution in [0.25, 0.3) is 0 Å². The SMILES string of the molecule is COc1cc(OC)cc(C2OCCN2CCNc2ccc(NCCN3CCOC3c3cc(OC)cc(OC)c3)c3c2C(=O)c2c(O)ccc(O)c2C3=O)c1. The summed E-state index contributed by atoms with van der Waals surface area (Å²) in [6, 6.07) is 17.2. The Morgan fingerprint density at radius 3 is 1.31 bits per heavy atom. The fourth-order valence-electron chi connectivity index (χ4n) is 7.35. The molecule has 2 aliphatic heterocycles. The lowest BCUT2D eigenvalue weighted by Crippen LogP contribution is -2.31. The van der Waals surface area contributed by atoms with Crippen LogP contribution in [0.2, 0.25) is 0 Å². The standard InChI is InChI=1S/C40H44N4O10/c1-49-25-17-23(18-26(21-25)50-2)39-43(13-15-53-39)11-9-41-29-5-6-30(34-33(29)37(47)35-31(45)7-8-32(46)36(35)38(34)48)42-10-12-44-14-16-54-40(44)24-19-27(51-3)22-28(20-24)52-4/h5-8,17-22,39-42,45-46H,9-16H2,1-4H3. The monoisotopic (exact) mass is 740 g/mol. The van der Waals surface area contributed by atoms with E-state index >= 15 is 0 Å². The number of rotatable bonds is 14. The number of hydrogen-bond donors (Lipinski definition) is 4. The summed E-state index contributed by atoms with van der Waals surface area (Å²) in [5.41, 5.74) is 2.44. The van der Waals surface area contributed by atoms with Gasteiger partial charge in [-0.05, 0) is 48.5 Å². The second kappa shape index (κ2) is 15.8. The summed E-state index contributed by atoms with van der Waals surface area (Å²) < 4.78 is 34.0. The third-order valence-electron chi connectivity index (χ3n) is 9.99. The Balaban J connectivity index is 1.12. The summed E-state index contributed by atoms with van der Waals surface area (Å²) in [7, 11) is 6.40. The first-order chi connectivity index (χ1) is 26.2. The summed E-state index contributed by atoms with van der Waals surface area (Å²) in [5.74, 6) is 0.732. The largest absolute Gasteiger partial charge is 0.507 e. The first kappa shape index (κ1) is 36.8. The molecule has 0 bridgehead atoms.